The standard InChI is InChI=1S/C12H17N5O4/c1-3-8-10(20)12(6-18,15-16-13)21-11(8)17-5-4-9(19)14-7(17)2/h4-5,8,10-11,13,18,20H,2-3,6H2,1H3/p+1/t8-,10-,11+,12+/m0/s1. The van der Waals surface area contributed by atoms with Gasteiger partial charge in [0.1, 0.15) is 30.3 Å². The van der Waals surface area contributed by atoms with Gasteiger partial charge in [-0.2, -0.15) is 0 Å². The Labute approximate surface area is 121 Å². The molecule has 2 aliphatic rings. The zero-order chi connectivity index (χ0) is 15.6. The molecule has 114 valence electrons. The number of hydrogen-bond acceptors (Lipinski definition) is 7. The van der Waals surface area contributed by atoms with Gasteiger partial charge in [-0.25, -0.2) is 0 Å². The second kappa shape index (κ2) is 5.74. The highest BCUT2D eigenvalue weighted by Gasteiger charge is 2.59. The van der Waals surface area contributed by atoms with Gasteiger partial charge in [0.05, 0.1) is 0 Å². The summed E-state index contributed by atoms with van der Waals surface area (Å²) in [7, 11) is 0. The fourth-order valence-corrected chi connectivity index (χ4v) is 2.60. The Morgan fingerprint density at radius 1 is 1.71 bits per heavy atom. The Morgan fingerprint density at radius 3 is 2.95 bits per heavy atom. The molecule has 4 N–H and O–H groups in total. The average Bonchev–Trinajstić information content (AvgIpc) is 2.72. The Hall–Kier alpha value is -2.06. The summed E-state index contributed by atoms with van der Waals surface area (Å²) < 4.78 is 5.68. The first kappa shape index (κ1) is 15.3. The summed E-state index contributed by atoms with van der Waals surface area (Å²) in [5.74, 6) is -0.407. The second-order valence-electron chi connectivity index (χ2n) is 4.89. The van der Waals surface area contributed by atoms with E-state index in [0.29, 0.717) is 12.2 Å². The molecule has 4 atom stereocenters. The van der Waals surface area contributed by atoms with Gasteiger partial charge in [0.25, 0.3) is 11.6 Å². The van der Waals surface area contributed by atoms with Crippen molar-refractivity contribution < 1.29 is 19.7 Å². The highest BCUT2D eigenvalue weighted by Crippen LogP contribution is 2.40. The number of nitrogens with one attached hydrogen (secondary N) is 2. The quantitative estimate of drug-likeness (QED) is 0.405. The molecule has 0 saturated carbocycles. The minimum absolute atomic E-state index is 0.301. The number of hydrogen-bond donors (Lipinski definition) is 4. The van der Waals surface area contributed by atoms with Gasteiger partial charge < -0.3 is 25.2 Å². The number of rotatable bonds is 4. The van der Waals surface area contributed by atoms with E-state index in [0.717, 1.165) is 0 Å². The predicted molar refractivity (Wildman–Crippen MR) is 70.0 cm³/mol. The Morgan fingerprint density at radius 2 is 2.43 bits per heavy atom. The topological polar surface area (TPSA) is 132 Å². The lowest BCUT2D eigenvalue weighted by Gasteiger charge is -2.33. The maximum atomic E-state index is 11.3. The van der Waals surface area contributed by atoms with Gasteiger partial charge in [0, 0.05) is 18.2 Å². The Balaban J connectivity index is 2.35. The van der Waals surface area contributed by atoms with Gasteiger partial charge in [-0.1, -0.05) is 13.5 Å². The Bertz CT molecular complexity index is 530. The third kappa shape index (κ3) is 2.47. The summed E-state index contributed by atoms with van der Waals surface area (Å²) in [4.78, 5) is 15.7. The van der Waals surface area contributed by atoms with E-state index in [9.17, 15) is 15.0 Å². The summed E-state index contributed by atoms with van der Waals surface area (Å²) in [6, 6.07) is 0. The number of ether oxygens (including phenoxy) is 1. The van der Waals surface area contributed by atoms with E-state index in [4.69, 9.17) is 10.3 Å². The van der Waals surface area contributed by atoms with Crippen molar-refractivity contribution in [3.63, 3.8) is 0 Å². The van der Waals surface area contributed by atoms with Gasteiger partial charge in [0.2, 0.25) is 4.91 Å². The molecule has 1 saturated heterocycles. The molecule has 0 unspecified atom stereocenters. The fourth-order valence-electron chi connectivity index (χ4n) is 2.60. The first-order valence-electron chi connectivity index (χ1n) is 6.51. The molecule has 0 aromatic rings. The van der Waals surface area contributed by atoms with Crippen molar-refractivity contribution >= 4 is 5.91 Å². The van der Waals surface area contributed by atoms with Crippen LogP contribution >= 0.6 is 0 Å². The van der Waals surface area contributed by atoms with E-state index in [1.165, 1.54) is 12.3 Å². The van der Waals surface area contributed by atoms with Crippen LogP contribution < -0.4 is 10.2 Å². The van der Waals surface area contributed by atoms with E-state index in [2.05, 4.69) is 21.9 Å². The molecule has 2 heterocycles. The summed E-state index contributed by atoms with van der Waals surface area (Å²) >= 11 is 0. The molecule has 0 aliphatic carbocycles. The van der Waals surface area contributed by atoms with Gasteiger partial charge in [0.15, 0.2) is 5.11 Å². The van der Waals surface area contributed by atoms with E-state index in [-0.39, 0.29) is 5.91 Å². The van der Waals surface area contributed by atoms with Crippen molar-refractivity contribution in [3.8, 4) is 0 Å². The molecular formula is C12H18N5O4+. The number of carbonyl (C=O) groups excluding carboxylic acids is 1. The van der Waals surface area contributed by atoms with Crippen LogP contribution in [-0.2, 0) is 9.53 Å². The highest BCUT2D eigenvalue weighted by molar-refractivity contribution is 5.89. The highest BCUT2D eigenvalue weighted by atomic mass is 16.6. The summed E-state index contributed by atoms with van der Waals surface area (Å²) in [5.41, 5.74) is 5.16. The molecule has 1 amide bonds. The van der Waals surface area contributed by atoms with Crippen LogP contribution in [-0.4, -0.2) is 45.7 Å². The zero-order valence-corrected chi connectivity index (χ0v) is 11.6. The molecule has 2 rings (SSSR count). The lowest BCUT2D eigenvalue weighted by Crippen LogP contribution is -2.44. The molecular weight excluding hydrogens is 278 g/mol. The van der Waals surface area contributed by atoms with Crippen LogP contribution in [0.3, 0.4) is 0 Å². The molecule has 21 heavy (non-hydrogen) atoms. The van der Waals surface area contributed by atoms with Crippen LogP contribution in [0.25, 0.3) is 0 Å². The number of carbonyl (C=O) groups is 1. The summed E-state index contributed by atoms with van der Waals surface area (Å²) in [6.45, 7) is 4.97. The van der Waals surface area contributed by atoms with Crippen LogP contribution in [0.1, 0.15) is 13.3 Å². The second-order valence-corrected chi connectivity index (χ2v) is 4.89. The van der Waals surface area contributed by atoms with Crippen molar-refractivity contribution in [3.05, 3.63) is 24.7 Å². The largest absolute Gasteiger partial charge is 0.391 e. The molecule has 9 nitrogen and oxygen atoms in total. The van der Waals surface area contributed by atoms with Crippen molar-refractivity contribution in [2.24, 2.45) is 11.0 Å². The maximum Gasteiger partial charge on any atom is 0.293 e. The van der Waals surface area contributed by atoms with Crippen LogP contribution in [0.15, 0.2) is 29.8 Å². The van der Waals surface area contributed by atoms with Crippen LogP contribution in [0, 0.1) is 11.4 Å². The third-order valence-corrected chi connectivity index (χ3v) is 3.72. The number of nitrogens with zero attached hydrogens (tertiary/aromatic N) is 3. The van der Waals surface area contributed by atoms with Gasteiger partial charge in [-0.15, -0.1) is 0 Å². The van der Waals surface area contributed by atoms with Crippen molar-refractivity contribution in [2.45, 2.75) is 31.4 Å². The summed E-state index contributed by atoms with van der Waals surface area (Å²) in [6.07, 6.45) is 1.51. The van der Waals surface area contributed by atoms with Crippen LogP contribution in [0.5, 0.6) is 0 Å². The molecule has 0 radical (unpaired) electrons. The summed E-state index contributed by atoms with van der Waals surface area (Å²) in [5, 5.41) is 26.0. The minimum atomic E-state index is -1.68. The van der Waals surface area contributed by atoms with Gasteiger partial charge >= 0.3 is 0 Å². The normalized spacial score (nSPS) is 35.6. The van der Waals surface area contributed by atoms with Gasteiger partial charge in [-0.05, 0) is 6.42 Å². The van der Waals surface area contributed by atoms with Gasteiger partial charge in [-0.3, -0.25) is 4.79 Å². The van der Waals surface area contributed by atoms with Crippen molar-refractivity contribution in [2.75, 3.05) is 6.61 Å². The van der Waals surface area contributed by atoms with Crippen LogP contribution in [0.2, 0.25) is 0 Å². The lowest BCUT2D eigenvalue weighted by atomic mass is 9.93. The van der Waals surface area contributed by atoms with E-state index >= 15 is 0 Å². The monoisotopic (exact) mass is 296 g/mol. The van der Waals surface area contributed by atoms with E-state index in [1.807, 2.05) is 6.92 Å². The van der Waals surface area contributed by atoms with Crippen molar-refractivity contribution in [1.82, 2.24) is 15.1 Å². The minimum Gasteiger partial charge on any atom is -0.391 e. The third-order valence-electron chi connectivity index (χ3n) is 3.72. The lowest BCUT2D eigenvalue weighted by molar-refractivity contribution is -0.136. The molecule has 9 heteroatoms. The van der Waals surface area contributed by atoms with E-state index < -0.39 is 30.6 Å². The fraction of sp³-hybridized carbons (Fsp3) is 0.583. The first-order valence-corrected chi connectivity index (χ1v) is 6.51. The predicted octanol–water partition coefficient (Wildman–Crippen LogP) is -0.615. The number of aliphatic hydroxyl groups is 2. The molecule has 0 spiro atoms. The molecule has 1 fully saturated rings. The molecule has 0 bridgehead atoms. The maximum absolute atomic E-state index is 11.3. The van der Waals surface area contributed by atoms with Crippen LogP contribution in [0.4, 0.5) is 0 Å². The molecule has 0 aromatic carbocycles. The smallest absolute Gasteiger partial charge is 0.293 e. The Kier molecular flexibility index (Phi) is 4.19. The average molecular weight is 296 g/mol. The number of amides is 1. The molecule has 2 aliphatic heterocycles. The van der Waals surface area contributed by atoms with Crippen molar-refractivity contribution in [1.29, 1.82) is 5.53 Å². The number of aliphatic hydroxyl groups excluding tert-OH is 2. The SMILES string of the molecule is C=C1NC(=O)C=CN1[C@@H]1O[C@@](CO)(N=[N+]=N)[C@@H](O)[C@@H]1CC. The zero-order valence-electron chi connectivity index (χ0n) is 11.6. The first-order chi connectivity index (χ1) is 9.99. The molecule has 0 aromatic heterocycles. The van der Waals surface area contributed by atoms with E-state index in [1.54, 1.807) is 4.90 Å².